The van der Waals surface area contributed by atoms with Crippen molar-refractivity contribution >= 4 is 43.1 Å². The van der Waals surface area contributed by atoms with Crippen LogP contribution in [0.3, 0.4) is 0 Å². The van der Waals surface area contributed by atoms with E-state index in [2.05, 4.69) is 206 Å². The molecule has 0 saturated carbocycles. The smallest absolute Gasteiger partial charge is 0.00201 e. The summed E-state index contributed by atoms with van der Waals surface area (Å²) < 4.78 is 0. The Morgan fingerprint density at radius 3 is 1.21 bits per heavy atom. The van der Waals surface area contributed by atoms with E-state index in [1.807, 2.05) is 0 Å². The normalized spacial score (nSPS) is 11.5. The van der Waals surface area contributed by atoms with E-state index < -0.39 is 0 Å². The highest BCUT2D eigenvalue weighted by atomic mass is 14.2. The molecule has 52 heavy (non-hydrogen) atoms. The molecule has 0 heteroatoms. The molecule has 0 atom stereocenters. The minimum absolute atomic E-state index is 1.22. The average molecular weight is 659 g/mol. The first-order valence-corrected chi connectivity index (χ1v) is 18.0. The molecule has 0 unspecified atom stereocenters. The Hall–Kier alpha value is -6.76. The summed E-state index contributed by atoms with van der Waals surface area (Å²) >= 11 is 0. The predicted octanol–water partition coefficient (Wildman–Crippen LogP) is 14.6. The molecule has 0 N–H and O–H groups in total. The number of fused-ring (bicyclic) bond motifs is 4. The van der Waals surface area contributed by atoms with Gasteiger partial charge in [0, 0.05) is 0 Å². The fourth-order valence-electron chi connectivity index (χ4n) is 8.11. The summed E-state index contributed by atoms with van der Waals surface area (Å²) in [4.78, 5) is 0. The summed E-state index contributed by atoms with van der Waals surface area (Å²) in [6.45, 7) is 0. The molecule has 10 rings (SSSR count). The number of hydrogen-bond donors (Lipinski definition) is 0. The molecule has 0 aromatic heterocycles. The van der Waals surface area contributed by atoms with Crippen LogP contribution in [0.15, 0.2) is 206 Å². The van der Waals surface area contributed by atoms with Gasteiger partial charge in [-0.05, 0) is 117 Å². The van der Waals surface area contributed by atoms with Crippen LogP contribution in [0.1, 0.15) is 0 Å². The molecule has 0 amide bonds. The lowest BCUT2D eigenvalue weighted by atomic mass is 9.83. The predicted molar refractivity (Wildman–Crippen MR) is 224 cm³/mol. The highest BCUT2D eigenvalue weighted by Crippen LogP contribution is 2.46. The fourth-order valence-corrected chi connectivity index (χ4v) is 8.11. The van der Waals surface area contributed by atoms with Crippen LogP contribution in [-0.4, -0.2) is 0 Å². The van der Waals surface area contributed by atoms with Crippen LogP contribution >= 0.6 is 0 Å². The molecule has 0 radical (unpaired) electrons. The van der Waals surface area contributed by atoms with Gasteiger partial charge >= 0.3 is 0 Å². The van der Waals surface area contributed by atoms with Crippen LogP contribution in [-0.2, 0) is 0 Å². The van der Waals surface area contributed by atoms with Crippen molar-refractivity contribution in [2.24, 2.45) is 0 Å². The molecule has 0 aliphatic rings. The summed E-state index contributed by atoms with van der Waals surface area (Å²) in [5.74, 6) is 0. The molecule has 10 aromatic rings. The van der Waals surface area contributed by atoms with Crippen molar-refractivity contribution in [3.05, 3.63) is 206 Å². The second-order valence-corrected chi connectivity index (χ2v) is 13.7. The van der Waals surface area contributed by atoms with Crippen molar-refractivity contribution in [3.63, 3.8) is 0 Å². The Morgan fingerprint density at radius 1 is 0.192 bits per heavy atom. The van der Waals surface area contributed by atoms with Gasteiger partial charge in [0.25, 0.3) is 0 Å². The van der Waals surface area contributed by atoms with Crippen molar-refractivity contribution in [1.29, 1.82) is 0 Å². The largest absolute Gasteiger partial charge is 0.0622 e. The van der Waals surface area contributed by atoms with E-state index in [0.717, 1.165) is 0 Å². The molecule has 10 aromatic carbocycles. The Morgan fingerprint density at radius 2 is 0.596 bits per heavy atom. The standard InChI is InChI=1S/C52H34/c1-2-13-39(14-3-1)45-16-6-7-17-46(45)52-49-20-10-8-18-47(49)51(48-19-9-11-21-50(48)52)43-31-28-38-27-30-42(33-44(38)34-43)37-24-22-36(23-25-37)41-29-26-35-12-4-5-15-40(35)32-41/h1-34H. The Kier molecular flexibility index (Phi) is 7.25. The van der Waals surface area contributed by atoms with Gasteiger partial charge in [-0.15, -0.1) is 0 Å². The minimum atomic E-state index is 1.22. The molecular weight excluding hydrogens is 625 g/mol. The van der Waals surface area contributed by atoms with E-state index in [1.54, 1.807) is 0 Å². The van der Waals surface area contributed by atoms with Crippen LogP contribution in [0.2, 0.25) is 0 Å². The first-order valence-electron chi connectivity index (χ1n) is 18.0. The van der Waals surface area contributed by atoms with E-state index in [1.165, 1.54) is 98.7 Å². The molecule has 0 fully saturated rings. The molecule has 0 bridgehead atoms. The van der Waals surface area contributed by atoms with Crippen molar-refractivity contribution in [1.82, 2.24) is 0 Å². The van der Waals surface area contributed by atoms with Crippen LogP contribution in [0.25, 0.3) is 98.7 Å². The monoisotopic (exact) mass is 658 g/mol. The summed E-state index contributed by atoms with van der Waals surface area (Å²) in [5.41, 5.74) is 12.4. The third-order valence-corrected chi connectivity index (χ3v) is 10.6. The molecule has 0 saturated heterocycles. The summed E-state index contributed by atoms with van der Waals surface area (Å²) in [5, 5.41) is 10.1. The van der Waals surface area contributed by atoms with Gasteiger partial charge in [0.15, 0.2) is 0 Å². The highest BCUT2D eigenvalue weighted by molar-refractivity contribution is 6.22. The molecule has 0 aliphatic heterocycles. The zero-order valence-corrected chi connectivity index (χ0v) is 28.6. The van der Waals surface area contributed by atoms with Gasteiger partial charge in [-0.3, -0.25) is 0 Å². The first-order chi connectivity index (χ1) is 25.8. The van der Waals surface area contributed by atoms with Crippen molar-refractivity contribution in [2.75, 3.05) is 0 Å². The van der Waals surface area contributed by atoms with Gasteiger partial charge < -0.3 is 0 Å². The molecule has 0 nitrogen and oxygen atoms in total. The van der Waals surface area contributed by atoms with Crippen LogP contribution in [0, 0.1) is 0 Å². The lowest BCUT2D eigenvalue weighted by Crippen LogP contribution is -1.92. The Bertz CT molecular complexity index is 2880. The second-order valence-electron chi connectivity index (χ2n) is 13.7. The van der Waals surface area contributed by atoms with Crippen molar-refractivity contribution < 1.29 is 0 Å². The van der Waals surface area contributed by atoms with E-state index in [4.69, 9.17) is 0 Å². The van der Waals surface area contributed by atoms with E-state index in [0.29, 0.717) is 0 Å². The molecule has 242 valence electrons. The average Bonchev–Trinajstić information content (AvgIpc) is 3.22. The molecule has 0 aliphatic carbocycles. The maximum Gasteiger partial charge on any atom is -0.00201 e. The number of benzene rings is 10. The van der Waals surface area contributed by atoms with E-state index in [9.17, 15) is 0 Å². The molecule has 0 heterocycles. The summed E-state index contributed by atoms with van der Waals surface area (Å²) in [6.07, 6.45) is 0. The fraction of sp³-hybridized carbons (Fsp3) is 0. The lowest BCUT2D eigenvalue weighted by Gasteiger charge is -2.20. The van der Waals surface area contributed by atoms with Gasteiger partial charge in [0.2, 0.25) is 0 Å². The van der Waals surface area contributed by atoms with Crippen LogP contribution < -0.4 is 0 Å². The SMILES string of the molecule is c1ccc(-c2ccccc2-c2c3ccccc3c(-c3ccc4ccc(-c5ccc(-c6ccc7ccccc7c6)cc5)cc4c3)c3ccccc23)cc1. The van der Waals surface area contributed by atoms with Gasteiger partial charge in [-0.25, -0.2) is 0 Å². The van der Waals surface area contributed by atoms with Gasteiger partial charge in [-0.1, -0.05) is 188 Å². The highest BCUT2D eigenvalue weighted by Gasteiger charge is 2.19. The molecular formula is C52H34. The quantitative estimate of drug-likeness (QED) is 0.161. The Balaban J connectivity index is 1.10. The summed E-state index contributed by atoms with van der Waals surface area (Å²) in [7, 11) is 0. The zero-order valence-electron chi connectivity index (χ0n) is 28.6. The summed E-state index contributed by atoms with van der Waals surface area (Å²) in [6, 6.07) is 75.5. The van der Waals surface area contributed by atoms with Gasteiger partial charge in [0.1, 0.15) is 0 Å². The van der Waals surface area contributed by atoms with E-state index in [-0.39, 0.29) is 0 Å². The first kappa shape index (κ1) is 30.1. The van der Waals surface area contributed by atoms with Crippen molar-refractivity contribution in [3.8, 4) is 55.6 Å². The minimum Gasteiger partial charge on any atom is -0.0622 e. The van der Waals surface area contributed by atoms with Crippen LogP contribution in [0.5, 0.6) is 0 Å². The van der Waals surface area contributed by atoms with Crippen molar-refractivity contribution in [2.45, 2.75) is 0 Å². The lowest BCUT2D eigenvalue weighted by molar-refractivity contribution is 1.60. The topological polar surface area (TPSA) is 0 Å². The second kappa shape index (κ2) is 12.5. The number of hydrogen-bond acceptors (Lipinski definition) is 0. The van der Waals surface area contributed by atoms with Gasteiger partial charge in [-0.2, -0.15) is 0 Å². The number of rotatable bonds is 5. The maximum atomic E-state index is 2.38. The van der Waals surface area contributed by atoms with Crippen LogP contribution in [0.4, 0.5) is 0 Å². The third-order valence-electron chi connectivity index (χ3n) is 10.6. The molecule has 0 spiro atoms. The van der Waals surface area contributed by atoms with E-state index >= 15 is 0 Å². The van der Waals surface area contributed by atoms with Gasteiger partial charge in [0.05, 0.1) is 0 Å². The maximum absolute atomic E-state index is 2.38. The zero-order chi connectivity index (χ0) is 34.4. The third kappa shape index (κ3) is 5.16. The Labute approximate surface area is 303 Å².